The van der Waals surface area contributed by atoms with Gasteiger partial charge < -0.3 is 20.5 Å². The van der Waals surface area contributed by atoms with Gasteiger partial charge in [-0.3, -0.25) is 0 Å². The Morgan fingerprint density at radius 2 is 1.86 bits per heavy atom. The number of hydrogen-bond donors (Lipinski definition) is 2. The van der Waals surface area contributed by atoms with Gasteiger partial charge in [0.2, 0.25) is 0 Å². The van der Waals surface area contributed by atoms with Crippen LogP contribution in [0.15, 0.2) is 30.3 Å². The third-order valence-electron chi connectivity index (χ3n) is 2.44. The van der Waals surface area contributed by atoms with Gasteiger partial charge in [0, 0.05) is 6.54 Å². The van der Waals surface area contributed by atoms with Crippen molar-refractivity contribution in [2.75, 3.05) is 6.54 Å². The first kappa shape index (κ1) is 17.0. The van der Waals surface area contributed by atoms with Crippen molar-refractivity contribution >= 4 is 12.1 Å². The molecule has 0 fully saturated rings. The predicted octanol–water partition coefficient (Wildman–Crippen LogP) is 1.58. The van der Waals surface area contributed by atoms with E-state index in [0.717, 1.165) is 5.56 Å². The molecule has 1 rings (SSSR count). The molecule has 0 radical (unpaired) electrons. The average molecular weight is 294 g/mol. The standard InChI is InChI=1S/C15H22N2O4/c1-15(2,3)21-14(19)17-12(9-16)13(18)20-10-11-7-5-4-6-8-11/h4-8,12H,9-10,16H2,1-3H3,(H,17,19). The highest BCUT2D eigenvalue weighted by Gasteiger charge is 2.24. The van der Waals surface area contributed by atoms with Gasteiger partial charge in [-0.1, -0.05) is 30.3 Å². The summed E-state index contributed by atoms with van der Waals surface area (Å²) >= 11 is 0. The molecule has 21 heavy (non-hydrogen) atoms. The molecule has 0 heterocycles. The Morgan fingerprint density at radius 1 is 1.24 bits per heavy atom. The Kier molecular flexibility index (Phi) is 6.17. The van der Waals surface area contributed by atoms with Crippen LogP contribution in [0.1, 0.15) is 26.3 Å². The highest BCUT2D eigenvalue weighted by molar-refractivity contribution is 5.81. The summed E-state index contributed by atoms with van der Waals surface area (Å²) in [6.07, 6.45) is -0.699. The second kappa shape index (κ2) is 7.64. The minimum absolute atomic E-state index is 0.0626. The molecule has 6 nitrogen and oxygen atoms in total. The van der Waals surface area contributed by atoms with Crippen LogP contribution in [0.2, 0.25) is 0 Å². The summed E-state index contributed by atoms with van der Waals surface area (Å²) in [5, 5.41) is 2.40. The van der Waals surface area contributed by atoms with E-state index in [-0.39, 0.29) is 13.2 Å². The van der Waals surface area contributed by atoms with Crippen LogP contribution in [-0.2, 0) is 20.9 Å². The van der Waals surface area contributed by atoms with Gasteiger partial charge in [-0.2, -0.15) is 0 Å². The van der Waals surface area contributed by atoms with Crippen molar-refractivity contribution in [2.45, 2.75) is 39.0 Å². The van der Waals surface area contributed by atoms with Crippen molar-refractivity contribution < 1.29 is 19.1 Å². The summed E-state index contributed by atoms with van der Waals surface area (Å²) in [6.45, 7) is 5.27. The fourth-order valence-electron chi connectivity index (χ4n) is 1.49. The van der Waals surface area contributed by atoms with Crippen molar-refractivity contribution in [1.82, 2.24) is 5.32 Å². The van der Waals surface area contributed by atoms with Crippen molar-refractivity contribution in [3.05, 3.63) is 35.9 Å². The number of carbonyl (C=O) groups is 2. The maximum atomic E-state index is 11.9. The fourth-order valence-corrected chi connectivity index (χ4v) is 1.49. The fraction of sp³-hybridized carbons (Fsp3) is 0.467. The molecule has 0 saturated heterocycles. The van der Waals surface area contributed by atoms with E-state index in [2.05, 4.69) is 5.32 Å². The first-order valence-corrected chi connectivity index (χ1v) is 6.72. The zero-order chi connectivity index (χ0) is 15.9. The van der Waals surface area contributed by atoms with Gasteiger partial charge >= 0.3 is 12.1 Å². The number of alkyl carbamates (subject to hydrolysis) is 1. The lowest BCUT2D eigenvalue weighted by molar-refractivity contribution is -0.147. The molecule has 0 aromatic heterocycles. The number of benzene rings is 1. The van der Waals surface area contributed by atoms with Crippen molar-refractivity contribution in [1.29, 1.82) is 0 Å². The summed E-state index contributed by atoms with van der Waals surface area (Å²) in [4.78, 5) is 23.5. The minimum Gasteiger partial charge on any atom is -0.459 e. The first-order chi connectivity index (χ1) is 9.81. The zero-order valence-electron chi connectivity index (χ0n) is 12.6. The molecule has 0 spiro atoms. The van der Waals surface area contributed by atoms with Crippen LogP contribution in [0, 0.1) is 0 Å². The number of hydrogen-bond acceptors (Lipinski definition) is 5. The molecule has 0 aliphatic heterocycles. The smallest absolute Gasteiger partial charge is 0.408 e. The van der Waals surface area contributed by atoms with E-state index >= 15 is 0 Å². The van der Waals surface area contributed by atoms with Crippen LogP contribution in [-0.4, -0.2) is 30.3 Å². The Morgan fingerprint density at radius 3 is 2.38 bits per heavy atom. The van der Waals surface area contributed by atoms with Crippen molar-refractivity contribution in [3.63, 3.8) is 0 Å². The second-order valence-corrected chi connectivity index (χ2v) is 5.53. The van der Waals surface area contributed by atoms with Crippen LogP contribution in [0.5, 0.6) is 0 Å². The van der Waals surface area contributed by atoms with E-state index in [1.807, 2.05) is 30.3 Å². The van der Waals surface area contributed by atoms with E-state index < -0.39 is 23.7 Å². The molecule has 1 aromatic rings. The van der Waals surface area contributed by atoms with Crippen molar-refractivity contribution in [2.24, 2.45) is 5.73 Å². The number of rotatable bonds is 5. The third kappa shape index (κ3) is 6.76. The highest BCUT2D eigenvalue weighted by Crippen LogP contribution is 2.07. The summed E-state index contributed by atoms with van der Waals surface area (Å²) in [6, 6.07) is 8.32. The summed E-state index contributed by atoms with van der Waals surface area (Å²) in [7, 11) is 0. The summed E-state index contributed by atoms with van der Waals surface area (Å²) in [5.74, 6) is -0.591. The van der Waals surface area contributed by atoms with Crippen LogP contribution >= 0.6 is 0 Å². The molecule has 1 aromatic carbocycles. The van der Waals surface area contributed by atoms with E-state index in [1.54, 1.807) is 20.8 Å². The Labute approximate surface area is 124 Å². The van der Waals surface area contributed by atoms with E-state index in [4.69, 9.17) is 15.2 Å². The molecule has 1 atom stereocenters. The summed E-state index contributed by atoms with van der Waals surface area (Å²) in [5.41, 5.74) is 5.70. The first-order valence-electron chi connectivity index (χ1n) is 6.72. The zero-order valence-corrected chi connectivity index (χ0v) is 12.6. The van der Waals surface area contributed by atoms with Crippen LogP contribution in [0.25, 0.3) is 0 Å². The van der Waals surface area contributed by atoms with Gasteiger partial charge in [0.25, 0.3) is 0 Å². The number of carbonyl (C=O) groups excluding carboxylic acids is 2. The topological polar surface area (TPSA) is 90.6 Å². The lowest BCUT2D eigenvalue weighted by atomic mass is 10.2. The molecule has 1 amide bonds. The normalized spacial score (nSPS) is 12.4. The molecular formula is C15H22N2O4. The summed E-state index contributed by atoms with van der Waals surface area (Å²) < 4.78 is 10.2. The van der Waals surface area contributed by atoms with Gasteiger partial charge in [-0.15, -0.1) is 0 Å². The molecule has 6 heteroatoms. The molecule has 116 valence electrons. The van der Waals surface area contributed by atoms with Gasteiger partial charge in [-0.25, -0.2) is 9.59 Å². The lowest BCUT2D eigenvalue weighted by Gasteiger charge is -2.22. The number of nitrogens with two attached hydrogens (primary N) is 1. The van der Waals surface area contributed by atoms with E-state index in [1.165, 1.54) is 0 Å². The Bertz CT molecular complexity index is 468. The predicted molar refractivity (Wildman–Crippen MR) is 78.5 cm³/mol. The molecule has 0 saturated carbocycles. The van der Waals surface area contributed by atoms with Crippen LogP contribution < -0.4 is 11.1 Å². The van der Waals surface area contributed by atoms with Gasteiger partial charge in [0.05, 0.1) is 0 Å². The monoisotopic (exact) mass is 294 g/mol. The minimum atomic E-state index is -0.927. The lowest BCUT2D eigenvalue weighted by Crippen LogP contribution is -2.48. The molecule has 0 bridgehead atoms. The SMILES string of the molecule is CC(C)(C)OC(=O)NC(CN)C(=O)OCc1ccccc1. The average Bonchev–Trinajstić information content (AvgIpc) is 2.41. The van der Waals surface area contributed by atoms with Gasteiger partial charge in [-0.05, 0) is 26.3 Å². The quantitative estimate of drug-likeness (QED) is 0.805. The van der Waals surface area contributed by atoms with Crippen molar-refractivity contribution in [3.8, 4) is 0 Å². The van der Waals surface area contributed by atoms with Gasteiger partial charge in [0.15, 0.2) is 0 Å². The number of nitrogens with one attached hydrogen (secondary N) is 1. The molecule has 0 aliphatic rings. The maximum Gasteiger partial charge on any atom is 0.408 e. The molecule has 1 unspecified atom stereocenters. The molecule has 0 aliphatic carbocycles. The number of ether oxygens (including phenoxy) is 2. The number of amides is 1. The Balaban J connectivity index is 2.48. The van der Waals surface area contributed by atoms with Crippen LogP contribution in [0.3, 0.4) is 0 Å². The second-order valence-electron chi connectivity index (χ2n) is 5.53. The molecular weight excluding hydrogens is 272 g/mol. The molecule has 3 N–H and O–H groups in total. The maximum absolute atomic E-state index is 11.9. The largest absolute Gasteiger partial charge is 0.459 e. The third-order valence-corrected chi connectivity index (χ3v) is 2.44. The highest BCUT2D eigenvalue weighted by atomic mass is 16.6. The van der Waals surface area contributed by atoms with Crippen LogP contribution in [0.4, 0.5) is 4.79 Å². The van der Waals surface area contributed by atoms with Gasteiger partial charge in [0.1, 0.15) is 18.2 Å². The van der Waals surface area contributed by atoms with E-state index in [9.17, 15) is 9.59 Å². The Hall–Kier alpha value is -2.08. The van der Waals surface area contributed by atoms with E-state index in [0.29, 0.717) is 0 Å². The number of esters is 1.